The zero-order chi connectivity index (χ0) is 22.3. The van der Waals surface area contributed by atoms with Crippen molar-refractivity contribution in [3.63, 3.8) is 0 Å². The number of nitrogens with zero attached hydrogens (tertiary/aromatic N) is 1. The van der Waals surface area contributed by atoms with Crippen molar-refractivity contribution >= 4 is 19.4 Å². The fourth-order valence-corrected chi connectivity index (χ4v) is 3.59. The molecule has 0 unspecified atom stereocenters. The van der Waals surface area contributed by atoms with Gasteiger partial charge in [-0.2, -0.15) is 0 Å². The van der Waals surface area contributed by atoms with Crippen LogP contribution in [-0.4, -0.2) is 48.8 Å². The number of carbonyl (C=O) groups is 1. The third-order valence-corrected chi connectivity index (χ3v) is 6.43. The van der Waals surface area contributed by atoms with Crippen LogP contribution in [0.2, 0.25) is 0 Å². The standard InChI is InChI=1S/C22H38BN3O4/c1-20(2,3)28-19(27)26-12-14-10-16(11-14)25-13-17(18(24)15-8-9-15)23-29-21(4,5)22(6,7)30-23/h13-16H,8-12,24H2,1-7H3,(H,26,27). The second-order valence-electron chi connectivity index (χ2n) is 10.9. The highest BCUT2D eigenvalue weighted by Crippen LogP contribution is 2.41. The van der Waals surface area contributed by atoms with E-state index in [0.29, 0.717) is 18.4 Å². The van der Waals surface area contributed by atoms with Gasteiger partial charge in [-0.3, -0.25) is 4.99 Å². The van der Waals surface area contributed by atoms with E-state index in [1.54, 1.807) is 0 Å². The van der Waals surface area contributed by atoms with E-state index in [0.717, 1.165) is 36.9 Å². The van der Waals surface area contributed by atoms with Gasteiger partial charge in [0.15, 0.2) is 0 Å². The second-order valence-corrected chi connectivity index (χ2v) is 10.9. The molecule has 3 N–H and O–H groups in total. The Morgan fingerprint density at radius 3 is 2.27 bits per heavy atom. The van der Waals surface area contributed by atoms with Crippen molar-refractivity contribution in [3.8, 4) is 0 Å². The molecule has 30 heavy (non-hydrogen) atoms. The number of ether oxygens (including phenoxy) is 1. The first-order valence-corrected chi connectivity index (χ1v) is 11.1. The van der Waals surface area contributed by atoms with E-state index < -0.39 is 23.9 Å². The van der Waals surface area contributed by atoms with Crippen LogP contribution in [0.4, 0.5) is 4.79 Å². The number of hydrogen-bond donors (Lipinski definition) is 2. The Kier molecular flexibility index (Phi) is 6.32. The van der Waals surface area contributed by atoms with Crippen LogP contribution in [0.15, 0.2) is 16.2 Å². The molecule has 3 aliphatic rings. The van der Waals surface area contributed by atoms with Gasteiger partial charge in [0.05, 0.1) is 17.2 Å². The smallest absolute Gasteiger partial charge is 0.444 e. The SMILES string of the molecule is CC(C)(C)OC(=O)NCC1CC(N=CC(B2OC(C)(C)C(C)(C)O2)=C(N)C2CC2)C1. The Morgan fingerprint density at radius 2 is 1.77 bits per heavy atom. The lowest BCUT2D eigenvalue weighted by atomic mass is 9.76. The number of hydrogen-bond acceptors (Lipinski definition) is 6. The van der Waals surface area contributed by atoms with Crippen molar-refractivity contribution in [2.24, 2.45) is 22.6 Å². The molecule has 1 amide bonds. The highest BCUT2D eigenvalue weighted by Gasteiger charge is 2.53. The average Bonchev–Trinajstić information content (AvgIpc) is 3.34. The lowest BCUT2D eigenvalue weighted by Gasteiger charge is -2.33. The molecule has 0 spiro atoms. The van der Waals surface area contributed by atoms with Crippen molar-refractivity contribution in [2.45, 2.75) is 97.0 Å². The highest BCUT2D eigenvalue weighted by molar-refractivity contribution is 6.60. The number of alkyl carbamates (subject to hydrolysis) is 1. The normalized spacial score (nSPS) is 28.8. The van der Waals surface area contributed by atoms with Crippen LogP contribution >= 0.6 is 0 Å². The predicted molar refractivity (Wildman–Crippen MR) is 119 cm³/mol. The first-order chi connectivity index (χ1) is 13.8. The zero-order valence-electron chi connectivity index (χ0n) is 19.6. The van der Waals surface area contributed by atoms with Gasteiger partial charge in [-0.1, -0.05) is 0 Å². The first kappa shape index (κ1) is 23.1. The monoisotopic (exact) mass is 419 g/mol. The van der Waals surface area contributed by atoms with E-state index in [-0.39, 0.29) is 12.1 Å². The number of carbonyl (C=O) groups excluding carboxylic acids is 1. The molecule has 1 heterocycles. The summed E-state index contributed by atoms with van der Waals surface area (Å²) < 4.78 is 17.7. The molecule has 1 saturated heterocycles. The van der Waals surface area contributed by atoms with Gasteiger partial charge in [0.2, 0.25) is 0 Å². The van der Waals surface area contributed by atoms with Gasteiger partial charge < -0.3 is 25.1 Å². The van der Waals surface area contributed by atoms with Crippen LogP contribution in [-0.2, 0) is 14.0 Å². The summed E-state index contributed by atoms with van der Waals surface area (Å²) in [6.07, 6.45) is 5.61. The molecule has 168 valence electrons. The van der Waals surface area contributed by atoms with Crippen molar-refractivity contribution < 1.29 is 18.8 Å². The molecule has 0 aromatic heterocycles. The van der Waals surface area contributed by atoms with E-state index in [1.807, 2.05) is 54.7 Å². The summed E-state index contributed by atoms with van der Waals surface area (Å²) >= 11 is 0. The van der Waals surface area contributed by atoms with Crippen LogP contribution < -0.4 is 11.1 Å². The van der Waals surface area contributed by atoms with E-state index >= 15 is 0 Å². The van der Waals surface area contributed by atoms with Gasteiger partial charge in [-0.25, -0.2) is 4.79 Å². The summed E-state index contributed by atoms with van der Waals surface area (Å²) in [5.74, 6) is 0.836. The van der Waals surface area contributed by atoms with Crippen LogP contribution in [0.5, 0.6) is 0 Å². The minimum atomic E-state index is -0.482. The Morgan fingerprint density at radius 1 is 1.20 bits per heavy atom. The fourth-order valence-electron chi connectivity index (χ4n) is 3.59. The summed E-state index contributed by atoms with van der Waals surface area (Å²) in [6, 6.07) is 0.236. The van der Waals surface area contributed by atoms with Crippen LogP contribution in [0, 0.1) is 11.8 Å². The number of nitrogens with one attached hydrogen (secondary N) is 1. The van der Waals surface area contributed by atoms with Crippen molar-refractivity contribution in [1.29, 1.82) is 0 Å². The van der Waals surface area contributed by atoms with Gasteiger partial charge in [0.1, 0.15) is 5.60 Å². The molecule has 2 saturated carbocycles. The van der Waals surface area contributed by atoms with Crippen molar-refractivity contribution in [1.82, 2.24) is 5.32 Å². The maximum Gasteiger partial charge on any atom is 0.498 e. The Bertz CT molecular complexity index is 700. The zero-order valence-corrected chi connectivity index (χ0v) is 19.6. The van der Waals surface area contributed by atoms with E-state index in [2.05, 4.69) is 5.32 Å². The molecule has 3 fully saturated rings. The van der Waals surface area contributed by atoms with E-state index in [4.69, 9.17) is 24.8 Å². The quantitative estimate of drug-likeness (QED) is 0.507. The summed E-state index contributed by atoms with van der Waals surface area (Å²) in [5.41, 5.74) is 6.87. The third-order valence-electron chi connectivity index (χ3n) is 6.43. The van der Waals surface area contributed by atoms with Crippen molar-refractivity contribution in [2.75, 3.05) is 6.54 Å². The summed E-state index contributed by atoms with van der Waals surface area (Å²) in [4.78, 5) is 16.6. The number of allylic oxidation sites excluding steroid dienone is 2. The minimum absolute atomic E-state index is 0.236. The average molecular weight is 419 g/mol. The lowest BCUT2D eigenvalue weighted by molar-refractivity contribution is 0.00578. The molecule has 3 rings (SSSR count). The number of aliphatic imine (C=N–C) groups is 1. The number of rotatable bonds is 6. The molecule has 1 aliphatic heterocycles. The lowest BCUT2D eigenvalue weighted by Crippen LogP contribution is -2.41. The maximum atomic E-state index is 11.8. The Hall–Kier alpha value is -1.54. The van der Waals surface area contributed by atoms with E-state index in [1.165, 1.54) is 0 Å². The van der Waals surface area contributed by atoms with E-state index in [9.17, 15) is 4.79 Å². The number of nitrogens with two attached hydrogens (primary N) is 1. The third kappa shape index (κ3) is 5.58. The van der Waals surface area contributed by atoms with Crippen LogP contribution in [0.3, 0.4) is 0 Å². The summed E-state index contributed by atoms with van der Waals surface area (Å²) in [5, 5.41) is 2.85. The topological polar surface area (TPSA) is 95.2 Å². The Labute approximate surface area is 181 Å². The highest BCUT2D eigenvalue weighted by atomic mass is 16.7. The molecule has 0 bridgehead atoms. The fraction of sp³-hybridized carbons (Fsp3) is 0.818. The van der Waals surface area contributed by atoms with Crippen molar-refractivity contribution in [3.05, 3.63) is 11.2 Å². The second kappa shape index (κ2) is 8.19. The van der Waals surface area contributed by atoms with Gasteiger partial charge in [0, 0.05) is 23.9 Å². The Balaban J connectivity index is 1.54. The molecule has 8 heteroatoms. The molecule has 7 nitrogen and oxygen atoms in total. The maximum absolute atomic E-state index is 11.8. The molecular formula is C22H38BN3O4. The molecule has 2 aliphatic carbocycles. The summed E-state index contributed by atoms with van der Waals surface area (Å²) in [7, 11) is -0.482. The summed E-state index contributed by atoms with van der Waals surface area (Å²) in [6.45, 7) is 14.4. The van der Waals surface area contributed by atoms with Gasteiger partial charge >= 0.3 is 13.2 Å². The molecule has 0 atom stereocenters. The largest absolute Gasteiger partial charge is 0.498 e. The number of amides is 1. The first-order valence-electron chi connectivity index (χ1n) is 11.1. The van der Waals surface area contributed by atoms with Crippen LogP contribution in [0.25, 0.3) is 0 Å². The minimum Gasteiger partial charge on any atom is -0.444 e. The molecule has 0 aromatic carbocycles. The van der Waals surface area contributed by atoms with Crippen LogP contribution in [0.1, 0.15) is 74.1 Å². The molecular weight excluding hydrogens is 381 g/mol. The van der Waals surface area contributed by atoms with Gasteiger partial charge in [0.25, 0.3) is 0 Å². The molecule has 0 aromatic rings. The predicted octanol–water partition coefficient (Wildman–Crippen LogP) is 3.61. The van der Waals surface area contributed by atoms with Gasteiger partial charge in [-0.15, -0.1) is 0 Å². The molecule has 0 radical (unpaired) electrons. The van der Waals surface area contributed by atoms with Gasteiger partial charge in [-0.05, 0) is 86.0 Å².